The fraction of sp³-hybridized carbons (Fsp3) is 0.375. The van der Waals surface area contributed by atoms with Crippen molar-refractivity contribution in [3.05, 3.63) is 52.0 Å². The van der Waals surface area contributed by atoms with Crippen LogP contribution < -0.4 is 11.1 Å². The number of carbonyl (C=O) groups excluding carboxylic acids is 2. The van der Waals surface area contributed by atoms with Crippen LogP contribution in [0, 0.1) is 11.3 Å². The number of nitrogens with zero attached hydrogens (tertiary/aromatic N) is 5. The number of anilines is 1. The number of primary amides is 1. The Labute approximate surface area is 206 Å². The maximum atomic E-state index is 15.7. The van der Waals surface area contributed by atoms with E-state index < -0.39 is 17.6 Å². The number of nitrogens with two attached hydrogens (primary N) is 1. The first-order chi connectivity index (χ1) is 16.9. The molecule has 0 saturated carbocycles. The molecule has 1 aliphatic rings. The Kier molecular flexibility index (Phi) is 7.23. The van der Waals surface area contributed by atoms with E-state index in [1.807, 2.05) is 29.2 Å². The monoisotopic (exact) mass is 495 g/mol. The highest BCUT2D eigenvalue weighted by Crippen LogP contribution is 2.37. The highest BCUT2D eigenvalue weighted by atomic mass is 32.1. The minimum absolute atomic E-state index is 0.0321. The van der Waals surface area contributed by atoms with Crippen molar-refractivity contribution in [3.63, 3.8) is 0 Å². The molecule has 0 bridgehead atoms. The Morgan fingerprint density at radius 3 is 2.80 bits per heavy atom. The van der Waals surface area contributed by atoms with Gasteiger partial charge in [0.1, 0.15) is 17.3 Å². The van der Waals surface area contributed by atoms with Gasteiger partial charge < -0.3 is 11.1 Å². The molecule has 1 aromatic carbocycles. The van der Waals surface area contributed by atoms with E-state index in [0.717, 1.165) is 28.2 Å². The average molecular weight is 496 g/mol. The lowest BCUT2D eigenvalue weighted by Crippen LogP contribution is -2.54. The van der Waals surface area contributed by atoms with E-state index in [1.165, 1.54) is 10.9 Å². The third kappa shape index (κ3) is 4.94. The fourth-order valence-electron chi connectivity index (χ4n) is 4.40. The maximum Gasteiger partial charge on any atom is 0.254 e. The van der Waals surface area contributed by atoms with Crippen LogP contribution in [0.15, 0.2) is 35.8 Å². The van der Waals surface area contributed by atoms with Crippen molar-refractivity contribution < 1.29 is 14.0 Å². The normalized spacial score (nSPS) is 20.3. The highest BCUT2D eigenvalue weighted by Gasteiger charge is 2.46. The molecule has 1 fully saturated rings. The number of benzene rings is 1. The minimum atomic E-state index is -1.43. The summed E-state index contributed by atoms with van der Waals surface area (Å²) in [5, 5.41) is 19.1. The van der Waals surface area contributed by atoms with Gasteiger partial charge in [-0.3, -0.25) is 19.2 Å². The third-order valence-corrected chi connectivity index (χ3v) is 7.38. The second-order valence-electron chi connectivity index (χ2n) is 8.53. The van der Waals surface area contributed by atoms with E-state index in [9.17, 15) is 14.9 Å². The Bertz CT molecular complexity index is 1250. The molecule has 0 aliphatic carbocycles. The number of likely N-dealkylation sites (tertiary alicyclic amines) is 1. The smallest absolute Gasteiger partial charge is 0.254 e. The molecule has 2 aromatic heterocycles. The molecule has 3 N–H and O–H groups in total. The molecular formula is C24H26FN7O2S. The van der Waals surface area contributed by atoms with Crippen molar-refractivity contribution in [1.82, 2.24) is 19.7 Å². The fourth-order valence-corrected chi connectivity index (χ4v) is 5.16. The van der Waals surface area contributed by atoms with Crippen LogP contribution in [0.1, 0.15) is 40.7 Å². The van der Waals surface area contributed by atoms with Gasteiger partial charge in [0.15, 0.2) is 5.82 Å². The van der Waals surface area contributed by atoms with Crippen LogP contribution in [0.5, 0.6) is 0 Å². The summed E-state index contributed by atoms with van der Waals surface area (Å²) in [5.74, 6) is -0.849. The molecule has 3 heterocycles. The predicted octanol–water partition coefficient (Wildman–Crippen LogP) is 3.09. The average Bonchev–Trinajstić information content (AvgIpc) is 3.50. The van der Waals surface area contributed by atoms with Gasteiger partial charge in [0, 0.05) is 36.8 Å². The summed E-state index contributed by atoms with van der Waals surface area (Å²) < 4.78 is 17.0. The highest BCUT2D eigenvalue weighted by molar-refractivity contribution is 7.09. The van der Waals surface area contributed by atoms with Crippen LogP contribution in [0.2, 0.25) is 0 Å². The second-order valence-corrected chi connectivity index (χ2v) is 9.47. The third-order valence-electron chi connectivity index (χ3n) is 6.39. The van der Waals surface area contributed by atoms with Crippen molar-refractivity contribution in [1.29, 1.82) is 5.26 Å². The van der Waals surface area contributed by atoms with E-state index in [4.69, 9.17) is 5.73 Å². The van der Waals surface area contributed by atoms with Crippen LogP contribution in [0.3, 0.4) is 0 Å². The molecule has 1 saturated heterocycles. The van der Waals surface area contributed by atoms with Crippen LogP contribution in [-0.4, -0.2) is 51.2 Å². The molecule has 35 heavy (non-hydrogen) atoms. The van der Waals surface area contributed by atoms with Crippen molar-refractivity contribution >= 4 is 29.5 Å². The van der Waals surface area contributed by atoms with E-state index in [-0.39, 0.29) is 24.3 Å². The van der Waals surface area contributed by atoms with Gasteiger partial charge in [-0.25, -0.2) is 9.37 Å². The largest absolute Gasteiger partial charge is 0.365 e. The van der Waals surface area contributed by atoms with Crippen molar-refractivity contribution in [3.8, 4) is 17.3 Å². The number of carbonyl (C=O) groups is 2. The number of nitrogens with one attached hydrogen (secondary N) is 1. The van der Waals surface area contributed by atoms with Crippen LogP contribution in [0.4, 0.5) is 10.2 Å². The summed E-state index contributed by atoms with van der Waals surface area (Å²) in [6.07, 6.45) is 1.33. The Morgan fingerprint density at radius 2 is 2.20 bits per heavy atom. The number of thiazole rings is 1. The molecule has 9 nitrogen and oxygen atoms in total. The first kappa shape index (κ1) is 24.5. The SMILES string of the molecule is CCc1nc(-c2ccc(CN3CCC(CC#N)(n4cc(C(N)=O)c(NC=O)n4)C(F)C3)cc2)cs1. The van der Waals surface area contributed by atoms with Gasteiger partial charge in [-0.15, -0.1) is 11.3 Å². The van der Waals surface area contributed by atoms with Crippen molar-refractivity contribution in [2.75, 3.05) is 18.4 Å². The second kappa shape index (κ2) is 10.3. The lowest BCUT2D eigenvalue weighted by atomic mass is 9.83. The summed E-state index contributed by atoms with van der Waals surface area (Å²) in [7, 11) is 0. The molecular weight excluding hydrogens is 469 g/mol. The molecule has 2 atom stereocenters. The first-order valence-electron chi connectivity index (χ1n) is 11.3. The Balaban J connectivity index is 1.49. The van der Waals surface area contributed by atoms with Crippen molar-refractivity contribution in [2.45, 2.75) is 44.4 Å². The Morgan fingerprint density at radius 1 is 1.43 bits per heavy atom. The number of hydrogen-bond acceptors (Lipinski definition) is 7. The number of amides is 2. The van der Waals surface area contributed by atoms with Gasteiger partial charge in [0.25, 0.3) is 5.91 Å². The number of aromatic nitrogens is 3. The number of aryl methyl sites for hydroxylation is 1. The standard InChI is InChI=1S/C24H26FN7O2S/c1-2-21-29-19(14-35-21)17-5-3-16(4-6-17)11-31-10-8-24(7-9-26,20(25)13-31)32-12-18(22(27)34)23(30-32)28-15-33/h3-6,12,14-15,20H,2,7-8,10-11,13H2,1H3,(H2,27,34)(H,28,30,33). The molecule has 1 aliphatic heterocycles. The van der Waals surface area contributed by atoms with E-state index in [1.54, 1.807) is 11.3 Å². The minimum Gasteiger partial charge on any atom is -0.365 e. The zero-order valence-electron chi connectivity index (χ0n) is 19.3. The molecule has 11 heteroatoms. The zero-order valence-corrected chi connectivity index (χ0v) is 20.1. The van der Waals surface area contributed by atoms with Crippen molar-refractivity contribution in [2.24, 2.45) is 5.73 Å². The zero-order chi connectivity index (χ0) is 25.0. The summed E-state index contributed by atoms with van der Waals surface area (Å²) in [5.41, 5.74) is 7.14. The number of alkyl halides is 1. The number of halogens is 1. The van der Waals surface area contributed by atoms with Gasteiger partial charge >= 0.3 is 0 Å². The quantitative estimate of drug-likeness (QED) is 0.439. The topological polar surface area (TPSA) is 130 Å². The summed E-state index contributed by atoms with van der Waals surface area (Å²) >= 11 is 1.65. The number of rotatable bonds is 9. The molecule has 182 valence electrons. The molecule has 2 amide bonds. The van der Waals surface area contributed by atoms with Gasteiger partial charge in [0.2, 0.25) is 6.41 Å². The van der Waals surface area contributed by atoms with Gasteiger partial charge in [0.05, 0.1) is 23.2 Å². The molecule has 0 radical (unpaired) electrons. The lowest BCUT2D eigenvalue weighted by Gasteiger charge is -2.43. The number of piperidine rings is 1. The van der Waals surface area contributed by atoms with Crippen LogP contribution in [0.25, 0.3) is 11.3 Å². The maximum absolute atomic E-state index is 15.7. The van der Waals surface area contributed by atoms with E-state index in [0.29, 0.717) is 25.9 Å². The molecule has 0 spiro atoms. The van der Waals surface area contributed by atoms with Crippen LogP contribution >= 0.6 is 11.3 Å². The summed E-state index contributed by atoms with van der Waals surface area (Å²) in [6, 6.07) is 10.2. The predicted molar refractivity (Wildman–Crippen MR) is 130 cm³/mol. The Hall–Kier alpha value is -3.62. The lowest BCUT2D eigenvalue weighted by molar-refractivity contribution is -0.105. The number of hydrogen-bond donors (Lipinski definition) is 2. The number of nitriles is 1. The molecule has 4 rings (SSSR count). The van der Waals surface area contributed by atoms with E-state index >= 15 is 4.39 Å². The molecule has 3 aromatic rings. The van der Waals surface area contributed by atoms with Crippen LogP contribution in [-0.2, 0) is 23.3 Å². The van der Waals surface area contributed by atoms with E-state index in [2.05, 4.69) is 33.8 Å². The van der Waals surface area contributed by atoms with Gasteiger partial charge in [-0.05, 0) is 18.4 Å². The molecule has 2 unspecified atom stereocenters. The van der Waals surface area contributed by atoms with Gasteiger partial charge in [-0.2, -0.15) is 10.4 Å². The summed E-state index contributed by atoms with van der Waals surface area (Å²) in [4.78, 5) is 29.3. The first-order valence-corrected chi connectivity index (χ1v) is 12.2. The van der Waals surface area contributed by atoms with Gasteiger partial charge in [-0.1, -0.05) is 31.2 Å². The summed E-state index contributed by atoms with van der Waals surface area (Å²) in [6.45, 7) is 3.26.